The van der Waals surface area contributed by atoms with E-state index in [2.05, 4.69) is 37.3 Å². The molecule has 3 aliphatic carbocycles. The summed E-state index contributed by atoms with van der Waals surface area (Å²) in [7, 11) is 0. The predicted molar refractivity (Wildman–Crippen MR) is 133 cm³/mol. The average molecular weight is 477 g/mol. The van der Waals surface area contributed by atoms with Crippen molar-refractivity contribution in [1.29, 1.82) is 0 Å². The zero-order valence-corrected chi connectivity index (χ0v) is 20.7. The van der Waals surface area contributed by atoms with Gasteiger partial charge in [0.2, 0.25) is 0 Å². The Hall–Kier alpha value is -2.82. The van der Waals surface area contributed by atoms with Gasteiger partial charge in [0.05, 0.1) is 0 Å². The predicted octanol–water partition coefficient (Wildman–Crippen LogP) is 6.14. The van der Waals surface area contributed by atoms with E-state index in [4.69, 9.17) is 9.47 Å². The molecule has 0 aliphatic heterocycles. The van der Waals surface area contributed by atoms with Gasteiger partial charge in [-0.25, -0.2) is 0 Å². The highest BCUT2D eigenvalue weighted by Gasteiger charge is 2.59. The Kier molecular flexibility index (Phi) is 6.61. The van der Waals surface area contributed by atoms with E-state index < -0.39 is 5.97 Å². The zero-order chi connectivity index (χ0) is 24.6. The number of carbonyl (C=O) groups is 2. The molecule has 186 valence electrons. The molecule has 5 nitrogen and oxygen atoms in total. The van der Waals surface area contributed by atoms with E-state index in [0.29, 0.717) is 30.8 Å². The molecule has 2 aromatic rings. The fraction of sp³-hybridized carbons (Fsp3) is 0.533. The lowest BCUT2D eigenvalue weighted by molar-refractivity contribution is -0.158. The van der Waals surface area contributed by atoms with Crippen LogP contribution in [0.2, 0.25) is 0 Å². The van der Waals surface area contributed by atoms with Gasteiger partial charge in [0.15, 0.2) is 0 Å². The number of aliphatic carboxylic acids is 1. The molecule has 6 atom stereocenters. The zero-order valence-electron chi connectivity index (χ0n) is 20.7. The minimum atomic E-state index is -0.777. The summed E-state index contributed by atoms with van der Waals surface area (Å²) in [5, 5.41) is 9.27. The topological polar surface area (TPSA) is 72.8 Å². The quantitative estimate of drug-likeness (QED) is 0.486. The van der Waals surface area contributed by atoms with Gasteiger partial charge in [-0.15, -0.1) is 0 Å². The van der Waals surface area contributed by atoms with E-state index >= 15 is 0 Å². The van der Waals surface area contributed by atoms with Crippen molar-refractivity contribution in [2.75, 3.05) is 0 Å². The molecule has 5 rings (SSSR count). The number of esters is 1. The molecule has 0 radical (unpaired) electrons. The van der Waals surface area contributed by atoms with Gasteiger partial charge in [-0.2, -0.15) is 0 Å². The van der Waals surface area contributed by atoms with Crippen LogP contribution in [0.15, 0.2) is 48.5 Å². The van der Waals surface area contributed by atoms with E-state index in [1.807, 2.05) is 18.2 Å². The van der Waals surface area contributed by atoms with E-state index in [1.54, 1.807) is 0 Å². The van der Waals surface area contributed by atoms with E-state index in [9.17, 15) is 14.7 Å². The molecule has 3 aliphatic rings. The molecule has 0 amide bonds. The van der Waals surface area contributed by atoms with Crippen molar-refractivity contribution in [3.05, 3.63) is 65.2 Å². The first-order valence-electron chi connectivity index (χ1n) is 13.0. The number of benzene rings is 2. The number of rotatable bonds is 7. The molecule has 5 heteroatoms. The lowest BCUT2D eigenvalue weighted by Crippen LogP contribution is -2.45. The molecular formula is C30H36O5. The summed E-state index contributed by atoms with van der Waals surface area (Å²) in [4.78, 5) is 23.3. The van der Waals surface area contributed by atoms with Crippen LogP contribution in [-0.4, -0.2) is 23.1 Å². The van der Waals surface area contributed by atoms with E-state index in [0.717, 1.165) is 43.4 Å². The normalized spacial score (nSPS) is 31.1. The first-order chi connectivity index (χ1) is 16.8. The number of carboxylic acids is 1. The smallest absolute Gasteiger partial charge is 0.303 e. The molecule has 0 spiro atoms. The molecule has 2 saturated carbocycles. The largest absolute Gasteiger partial charge is 0.489 e. The summed E-state index contributed by atoms with van der Waals surface area (Å²) in [6.45, 7) is 4.34. The highest BCUT2D eigenvalue weighted by atomic mass is 16.5. The Bertz CT molecular complexity index is 1080. The van der Waals surface area contributed by atoms with Crippen molar-refractivity contribution >= 4 is 11.9 Å². The second kappa shape index (κ2) is 9.67. The molecule has 0 unspecified atom stereocenters. The minimum absolute atomic E-state index is 0.0771. The Balaban J connectivity index is 1.34. The van der Waals surface area contributed by atoms with Crippen molar-refractivity contribution in [3.8, 4) is 5.75 Å². The van der Waals surface area contributed by atoms with Crippen LogP contribution in [-0.2, 0) is 27.4 Å². The number of aryl methyl sites for hydroxylation is 1. The molecule has 1 N–H and O–H groups in total. The molecule has 2 aromatic carbocycles. The summed E-state index contributed by atoms with van der Waals surface area (Å²) >= 11 is 0. The molecule has 0 aromatic heterocycles. The third-order valence-electron chi connectivity index (χ3n) is 9.04. The first kappa shape index (κ1) is 23.9. The highest BCUT2D eigenvalue weighted by molar-refractivity contribution is 5.67. The van der Waals surface area contributed by atoms with E-state index in [-0.39, 0.29) is 29.8 Å². The van der Waals surface area contributed by atoms with Crippen LogP contribution in [0.4, 0.5) is 0 Å². The van der Waals surface area contributed by atoms with Crippen LogP contribution in [0, 0.1) is 23.2 Å². The Morgan fingerprint density at radius 1 is 1.11 bits per heavy atom. The van der Waals surface area contributed by atoms with Gasteiger partial charge in [0.25, 0.3) is 0 Å². The van der Waals surface area contributed by atoms with Crippen molar-refractivity contribution in [2.24, 2.45) is 23.2 Å². The molecule has 0 bridgehead atoms. The maximum Gasteiger partial charge on any atom is 0.303 e. The maximum absolute atomic E-state index is 12.0. The fourth-order valence-corrected chi connectivity index (χ4v) is 7.51. The number of carboxylic acid groups (broad SMARTS) is 1. The fourth-order valence-electron chi connectivity index (χ4n) is 7.51. The lowest BCUT2D eigenvalue weighted by Gasteiger charge is -2.50. The number of hydrogen-bond donors (Lipinski definition) is 1. The molecule has 2 fully saturated rings. The summed E-state index contributed by atoms with van der Waals surface area (Å²) in [5.74, 6) is 1.53. The van der Waals surface area contributed by atoms with Crippen molar-refractivity contribution in [1.82, 2.24) is 0 Å². The van der Waals surface area contributed by atoms with E-state index in [1.165, 1.54) is 18.1 Å². The van der Waals surface area contributed by atoms with Crippen LogP contribution in [0.3, 0.4) is 0 Å². The monoisotopic (exact) mass is 476 g/mol. The van der Waals surface area contributed by atoms with Gasteiger partial charge in [-0.1, -0.05) is 43.3 Å². The first-order valence-corrected chi connectivity index (χ1v) is 13.0. The van der Waals surface area contributed by atoms with Crippen LogP contribution in [0.1, 0.15) is 75.0 Å². The third kappa shape index (κ3) is 4.70. The van der Waals surface area contributed by atoms with Crippen molar-refractivity contribution in [2.45, 2.75) is 77.4 Å². The third-order valence-corrected chi connectivity index (χ3v) is 9.04. The van der Waals surface area contributed by atoms with Gasteiger partial charge < -0.3 is 14.6 Å². The summed E-state index contributed by atoms with van der Waals surface area (Å²) in [5.41, 5.74) is 3.94. The number of carbonyl (C=O) groups excluding carboxylic acids is 1. The lowest BCUT2D eigenvalue weighted by atomic mass is 9.55. The Morgan fingerprint density at radius 2 is 1.91 bits per heavy atom. The van der Waals surface area contributed by atoms with Crippen LogP contribution >= 0.6 is 0 Å². The highest BCUT2D eigenvalue weighted by Crippen LogP contribution is 2.63. The molecule has 0 saturated heterocycles. The average Bonchev–Trinajstić information content (AvgIpc) is 3.12. The van der Waals surface area contributed by atoms with Crippen molar-refractivity contribution in [3.63, 3.8) is 0 Å². The SMILES string of the molecule is CC(=O)O[C@H]1[C@H](CCC(=O)O)C[C@H]2[C@@H]3CCc4cc(OCc5ccccc5)ccc4[C@H]3CC[C@@]21C. The molecular weight excluding hydrogens is 440 g/mol. The maximum atomic E-state index is 12.0. The second-order valence-electron chi connectivity index (χ2n) is 11.1. The molecule has 0 heterocycles. The van der Waals surface area contributed by atoms with Crippen LogP contribution in [0.5, 0.6) is 5.75 Å². The standard InChI is InChI=1S/C30H36O5/c1-19(31)35-29-22(9-13-28(32)33)17-27-26-11-8-21-16-23(34-18-20-6-4-3-5-7-20)10-12-24(21)25(26)14-15-30(27,29)2/h3-7,10,12,16,22,25-27,29H,8-9,11,13-15,17-18H2,1-2H3,(H,32,33)/t22-,25-,26-,27+,29+,30+/m1/s1. The van der Waals surface area contributed by atoms with Gasteiger partial charge >= 0.3 is 11.9 Å². The summed E-state index contributed by atoms with van der Waals surface area (Å²) < 4.78 is 12.0. The number of ether oxygens (including phenoxy) is 2. The minimum Gasteiger partial charge on any atom is -0.489 e. The second-order valence-corrected chi connectivity index (χ2v) is 11.1. The van der Waals surface area contributed by atoms with Gasteiger partial charge in [-0.05, 0) is 91.0 Å². The molecule has 35 heavy (non-hydrogen) atoms. The summed E-state index contributed by atoms with van der Waals surface area (Å²) in [6, 6.07) is 16.9. The van der Waals surface area contributed by atoms with Gasteiger partial charge in [0.1, 0.15) is 18.5 Å². The summed E-state index contributed by atoms with van der Waals surface area (Å²) in [6.07, 6.45) is 5.73. The number of fused-ring (bicyclic) bond motifs is 5. The number of hydrogen-bond acceptors (Lipinski definition) is 4. The Morgan fingerprint density at radius 3 is 2.66 bits per heavy atom. The van der Waals surface area contributed by atoms with Crippen LogP contribution in [0.25, 0.3) is 0 Å². The van der Waals surface area contributed by atoms with Gasteiger partial charge in [0, 0.05) is 18.8 Å². The Labute approximate surface area is 207 Å². The van der Waals surface area contributed by atoms with Gasteiger partial charge in [-0.3, -0.25) is 9.59 Å². The van der Waals surface area contributed by atoms with Crippen LogP contribution < -0.4 is 4.74 Å². The van der Waals surface area contributed by atoms with Crippen molar-refractivity contribution < 1.29 is 24.2 Å².